The monoisotopic (exact) mass is 403 g/mol. The SMILES string of the molecule is CC1CCC(n2cc3cc(NC(=O)c4cccc(C(F)(F)F)n4)ncc3n2)CC1. The van der Waals surface area contributed by atoms with E-state index in [0.29, 0.717) is 11.6 Å². The first-order valence-corrected chi connectivity index (χ1v) is 9.50. The van der Waals surface area contributed by atoms with Crippen molar-refractivity contribution in [3.63, 3.8) is 0 Å². The summed E-state index contributed by atoms with van der Waals surface area (Å²) in [6, 6.07) is 5.21. The largest absolute Gasteiger partial charge is 0.433 e. The number of nitrogens with zero attached hydrogens (tertiary/aromatic N) is 4. The number of anilines is 1. The minimum Gasteiger partial charge on any atom is -0.305 e. The lowest BCUT2D eigenvalue weighted by atomic mass is 9.87. The number of amides is 1. The van der Waals surface area contributed by atoms with Gasteiger partial charge in [0.15, 0.2) is 0 Å². The molecule has 0 saturated heterocycles. The van der Waals surface area contributed by atoms with E-state index in [9.17, 15) is 18.0 Å². The minimum absolute atomic E-state index is 0.235. The lowest BCUT2D eigenvalue weighted by Crippen LogP contribution is -2.17. The molecule has 1 amide bonds. The highest BCUT2D eigenvalue weighted by Crippen LogP contribution is 2.32. The summed E-state index contributed by atoms with van der Waals surface area (Å²) in [5.74, 6) is 0.222. The average Bonchev–Trinajstić information content (AvgIpc) is 3.11. The molecule has 1 N–H and O–H groups in total. The summed E-state index contributed by atoms with van der Waals surface area (Å²) in [4.78, 5) is 19.9. The molecule has 1 aliphatic carbocycles. The van der Waals surface area contributed by atoms with Crippen LogP contribution in [0.4, 0.5) is 19.0 Å². The average molecular weight is 403 g/mol. The fraction of sp³-hybridized carbons (Fsp3) is 0.400. The molecule has 0 atom stereocenters. The van der Waals surface area contributed by atoms with Gasteiger partial charge in [-0.3, -0.25) is 9.48 Å². The van der Waals surface area contributed by atoms with Gasteiger partial charge in [-0.05, 0) is 49.8 Å². The fourth-order valence-electron chi connectivity index (χ4n) is 3.61. The van der Waals surface area contributed by atoms with Crippen LogP contribution in [0.25, 0.3) is 10.9 Å². The van der Waals surface area contributed by atoms with Crippen LogP contribution in [-0.2, 0) is 6.18 Å². The van der Waals surface area contributed by atoms with E-state index >= 15 is 0 Å². The minimum atomic E-state index is -4.61. The van der Waals surface area contributed by atoms with Crippen LogP contribution in [0.3, 0.4) is 0 Å². The number of carbonyl (C=O) groups excluding carboxylic acids is 1. The van der Waals surface area contributed by atoms with Crippen molar-refractivity contribution in [1.29, 1.82) is 0 Å². The summed E-state index contributed by atoms with van der Waals surface area (Å²) in [5, 5.41) is 7.90. The quantitative estimate of drug-likeness (QED) is 0.679. The summed E-state index contributed by atoms with van der Waals surface area (Å²) in [7, 11) is 0. The smallest absolute Gasteiger partial charge is 0.305 e. The van der Waals surface area contributed by atoms with Gasteiger partial charge in [0, 0.05) is 11.6 Å². The Morgan fingerprint density at radius 2 is 1.97 bits per heavy atom. The zero-order valence-corrected chi connectivity index (χ0v) is 15.8. The molecule has 0 aliphatic heterocycles. The molecule has 1 fully saturated rings. The van der Waals surface area contributed by atoms with Crippen molar-refractivity contribution in [3.8, 4) is 0 Å². The third-order valence-electron chi connectivity index (χ3n) is 5.28. The molecular weight excluding hydrogens is 383 g/mol. The first kappa shape index (κ1) is 19.4. The van der Waals surface area contributed by atoms with Gasteiger partial charge in [0.1, 0.15) is 22.7 Å². The number of rotatable bonds is 3. The Bertz CT molecular complexity index is 1040. The Morgan fingerprint density at radius 1 is 1.21 bits per heavy atom. The van der Waals surface area contributed by atoms with E-state index in [1.54, 1.807) is 12.3 Å². The number of halogens is 3. The van der Waals surface area contributed by atoms with Crippen molar-refractivity contribution in [3.05, 3.63) is 48.0 Å². The van der Waals surface area contributed by atoms with E-state index in [1.807, 2.05) is 10.9 Å². The van der Waals surface area contributed by atoms with Crippen LogP contribution in [0.5, 0.6) is 0 Å². The molecule has 0 unspecified atom stereocenters. The topological polar surface area (TPSA) is 72.7 Å². The van der Waals surface area contributed by atoms with E-state index in [2.05, 4.69) is 27.3 Å². The Kier molecular flexibility index (Phi) is 4.97. The molecule has 152 valence electrons. The second-order valence-electron chi connectivity index (χ2n) is 7.51. The Balaban J connectivity index is 1.52. The van der Waals surface area contributed by atoms with Gasteiger partial charge in [-0.1, -0.05) is 13.0 Å². The number of nitrogens with one attached hydrogen (secondary N) is 1. The van der Waals surface area contributed by atoms with E-state index in [4.69, 9.17) is 0 Å². The molecule has 0 radical (unpaired) electrons. The van der Waals surface area contributed by atoms with Gasteiger partial charge in [0.25, 0.3) is 5.91 Å². The van der Waals surface area contributed by atoms with Gasteiger partial charge >= 0.3 is 6.18 Å². The molecule has 3 heterocycles. The maximum Gasteiger partial charge on any atom is 0.433 e. The number of carbonyl (C=O) groups is 1. The summed E-state index contributed by atoms with van der Waals surface area (Å²) in [6.07, 6.45) is 3.36. The van der Waals surface area contributed by atoms with Crippen LogP contribution >= 0.6 is 0 Å². The number of hydrogen-bond acceptors (Lipinski definition) is 4. The first-order chi connectivity index (χ1) is 13.8. The molecule has 9 heteroatoms. The highest BCUT2D eigenvalue weighted by atomic mass is 19.4. The first-order valence-electron chi connectivity index (χ1n) is 9.50. The van der Waals surface area contributed by atoms with Crippen LogP contribution in [0.2, 0.25) is 0 Å². The van der Waals surface area contributed by atoms with Crippen molar-refractivity contribution >= 4 is 22.6 Å². The van der Waals surface area contributed by atoms with E-state index in [1.165, 1.54) is 18.9 Å². The molecule has 29 heavy (non-hydrogen) atoms. The second-order valence-corrected chi connectivity index (χ2v) is 7.51. The fourth-order valence-corrected chi connectivity index (χ4v) is 3.61. The summed E-state index contributed by atoms with van der Waals surface area (Å²) < 4.78 is 40.3. The van der Waals surface area contributed by atoms with Crippen LogP contribution in [0.1, 0.15) is 54.8 Å². The zero-order valence-electron chi connectivity index (χ0n) is 15.8. The molecule has 4 rings (SSSR count). The highest BCUT2D eigenvalue weighted by molar-refractivity contribution is 6.03. The zero-order chi connectivity index (χ0) is 20.6. The maximum absolute atomic E-state index is 12.8. The van der Waals surface area contributed by atoms with Crippen molar-refractivity contribution in [2.75, 3.05) is 5.32 Å². The normalized spacial score (nSPS) is 20.0. The third kappa shape index (κ3) is 4.23. The van der Waals surface area contributed by atoms with Crippen LogP contribution in [-0.4, -0.2) is 25.7 Å². The van der Waals surface area contributed by atoms with Gasteiger partial charge in [-0.15, -0.1) is 0 Å². The summed E-state index contributed by atoms with van der Waals surface area (Å²) >= 11 is 0. The van der Waals surface area contributed by atoms with Gasteiger partial charge in [0.2, 0.25) is 0 Å². The Labute approximate surface area is 165 Å². The van der Waals surface area contributed by atoms with Crippen LogP contribution in [0, 0.1) is 5.92 Å². The Morgan fingerprint density at radius 3 is 2.69 bits per heavy atom. The standard InChI is InChI=1S/C20H20F3N5O/c1-12-5-7-14(8-6-12)28-11-13-9-18(24-10-16(13)27-28)26-19(29)15-3-2-4-17(25-15)20(21,22)23/h2-4,9-12,14H,5-8H2,1H3,(H,26,29). The molecule has 0 aromatic carbocycles. The molecule has 3 aromatic rings. The number of hydrogen-bond donors (Lipinski definition) is 1. The van der Waals surface area contributed by atoms with Gasteiger partial charge in [0.05, 0.1) is 12.2 Å². The van der Waals surface area contributed by atoms with Gasteiger partial charge in [-0.25, -0.2) is 9.97 Å². The molecule has 1 aliphatic rings. The second kappa shape index (κ2) is 7.46. The van der Waals surface area contributed by atoms with Gasteiger partial charge in [-0.2, -0.15) is 18.3 Å². The molecule has 1 saturated carbocycles. The predicted octanol–water partition coefficient (Wildman–Crippen LogP) is 4.85. The molecule has 0 spiro atoms. The maximum atomic E-state index is 12.8. The van der Waals surface area contributed by atoms with Crippen molar-refractivity contribution in [2.24, 2.45) is 5.92 Å². The summed E-state index contributed by atoms with van der Waals surface area (Å²) in [6.45, 7) is 2.26. The van der Waals surface area contributed by atoms with E-state index in [0.717, 1.165) is 36.3 Å². The van der Waals surface area contributed by atoms with Gasteiger partial charge < -0.3 is 5.32 Å². The van der Waals surface area contributed by atoms with Crippen molar-refractivity contribution < 1.29 is 18.0 Å². The van der Waals surface area contributed by atoms with Crippen molar-refractivity contribution in [2.45, 2.75) is 44.8 Å². The summed E-state index contributed by atoms with van der Waals surface area (Å²) in [5.41, 5.74) is -0.732. The number of fused-ring (bicyclic) bond motifs is 1. The van der Waals surface area contributed by atoms with Crippen LogP contribution in [0.15, 0.2) is 36.7 Å². The molecular formula is C20H20F3N5O. The van der Waals surface area contributed by atoms with Crippen LogP contribution < -0.4 is 5.32 Å². The molecule has 3 aromatic heterocycles. The van der Waals surface area contributed by atoms with Crippen molar-refractivity contribution in [1.82, 2.24) is 19.7 Å². The predicted molar refractivity (Wildman–Crippen MR) is 101 cm³/mol. The van der Waals surface area contributed by atoms with E-state index in [-0.39, 0.29) is 11.5 Å². The lowest BCUT2D eigenvalue weighted by molar-refractivity contribution is -0.141. The highest BCUT2D eigenvalue weighted by Gasteiger charge is 2.33. The lowest BCUT2D eigenvalue weighted by Gasteiger charge is -2.26. The Hall–Kier alpha value is -2.97. The number of pyridine rings is 2. The molecule has 6 nitrogen and oxygen atoms in total. The molecule has 0 bridgehead atoms. The number of aromatic nitrogens is 4. The third-order valence-corrected chi connectivity index (χ3v) is 5.28. The number of alkyl halides is 3. The van der Waals surface area contributed by atoms with E-state index < -0.39 is 17.8 Å².